The van der Waals surface area contributed by atoms with E-state index in [0.717, 1.165) is 50.1 Å². The average Bonchev–Trinajstić information content (AvgIpc) is 3.34. The van der Waals surface area contributed by atoms with Crippen LogP contribution in [0.2, 0.25) is 6.82 Å². The van der Waals surface area contributed by atoms with Crippen LogP contribution < -0.4 is 5.46 Å². The van der Waals surface area contributed by atoms with Crippen LogP contribution in [-0.2, 0) is 6.54 Å². The Hall–Kier alpha value is -2.93. The molecule has 0 aliphatic heterocycles. The highest BCUT2D eigenvalue weighted by atomic mass is 19.3. The van der Waals surface area contributed by atoms with Gasteiger partial charge in [0.05, 0.1) is 5.69 Å². The van der Waals surface area contributed by atoms with Crippen LogP contribution in [0.3, 0.4) is 0 Å². The Morgan fingerprint density at radius 3 is 2.38 bits per heavy atom. The summed E-state index contributed by atoms with van der Waals surface area (Å²) in [5.41, 5.74) is 6.98. The first-order valence-corrected chi connectivity index (χ1v) is 11.9. The largest absolute Gasteiger partial charge is 0.447 e. The molecule has 1 aliphatic rings. The molecule has 0 saturated heterocycles. The van der Waals surface area contributed by atoms with Gasteiger partial charge in [0.1, 0.15) is 5.76 Å². The number of aryl methyl sites for hydroxylation is 2. The summed E-state index contributed by atoms with van der Waals surface area (Å²) < 4.78 is 35.1. The zero-order chi connectivity index (χ0) is 24.0. The van der Waals surface area contributed by atoms with Gasteiger partial charge in [-0.1, -0.05) is 48.4 Å². The second-order valence-corrected chi connectivity index (χ2v) is 9.72. The summed E-state index contributed by atoms with van der Waals surface area (Å²) in [7, 11) is 0. The van der Waals surface area contributed by atoms with Crippen molar-refractivity contribution in [1.29, 1.82) is 0 Å². The second kappa shape index (κ2) is 8.69. The van der Waals surface area contributed by atoms with Gasteiger partial charge in [-0.3, -0.25) is 0 Å². The number of aromatic nitrogens is 2. The molecular weight excluding hydrogens is 433 g/mol. The van der Waals surface area contributed by atoms with Gasteiger partial charge in [-0.2, -0.15) is 0 Å². The van der Waals surface area contributed by atoms with Gasteiger partial charge >= 0.3 is 6.92 Å². The molecule has 4 aromatic rings. The van der Waals surface area contributed by atoms with Gasteiger partial charge in [-0.25, -0.2) is 8.78 Å². The molecule has 1 aliphatic carbocycles. The van der Waals surface area contributed by atoms with E-state index in [9.17, 15) is 13.8 Å². The molecule has 2 heterocycles. The van der Waals surface area contributed by atoms with Crippen molar-refractivity contribution >= 4 is 23.3 Å². The second-order valence-electron chi connectivity index (χ2n) is 9.72. The van der Waals surface area contributed by atoms with Crippen LogP contribution in [0.15, 0.2) is 53.2 Å². The Bertz CT molecular complexity index is 1300. The highest BCUT2D eigenvalue weighted by Gasteiger charge is 2.35. The molecular formula is C27H29BF2N2O2. The predicted molar refractivity (Wildman–Crippen MR) is 133 cm³/mol. The molecule has 1 fully saturated rings. The van der Waals surface area contributed by atoms with E-state index >= 15 is 0 Å². The molecule has 0 radical (unpaired) electrons. The van der Waals surface area contributed by atoms with Gasteiger partial charge in [0, 0.05) is 47.6 Å². The molecule has 0 amide bonds. The summed E-state index contributed by atoms with van der Waals surface area (Å²) in [6, 6.07) is 14.3. The van der Waals surface area contributed by atoms with Crippen molar-refractivity contribution in [3.05, 3.63) is 60.1 Å². The SMILES string of the molecule is CB(O)c1ccc(-c2cn(CC3CCC(F)(F)CC3)c3cc(-c4c(C)noc4C)ccc23)cc1. The number of alkyl halides is 2. The smallest absolute Gasteiger partial charge is 0.320 e. The highest BCUT2D eigenvalue weighted by molar-refractivity contribution is 6.64. The average molecular weight is 462 g/mol. The van der Waals surface area contributed by atoms with Crippen molar-refractivity contribution in [1.82, 2.24) is 9.72 Å². The maximum atomic E-state index is 13.7. The van der Waals surface area contributed by atoms with Gasteiger partial charge in [0.15, 0.2) is 0 Å². The van der Waals surface area contributed by atoms with Crippen molar-refractivity contribution < 1.29 is 18.3 Å². The first kappa shape index (κ1) is 22.8. The number of rotatable bonds is 5. The van der Waals surface area contributed by atoms with Crippen LogP contribution in [0.4, 0.5) is 8.78 Å². The van der Waals surface area contributed by atoms with Crippen molar-refractivity contribution in [2.24, 2.45) is 5.92 Å². The lowest BCUT2D eigenvalue weighted by atomic mass is 9.64. The predicted octanol–water partition coefficient (Wildman–Crippen LogP) is 6.23. The van der Waals surface area contributed by atoms with E-state index in [1.807, 2.05) is 38.1 Å². The minimum Gasteiger partial charge on any atom is -0.447 e. The van der Waals surface area contributed by atoms with E-state index in [1.165, 1.54) is 0 Å². The fraction of sp³-hybridized carbons (Fsp3) is 0.370. The molecule has 0 spiro atoms. The van der Waals surface area contributed by atoms with Crippen LogP contribution in [0.5, 0.6) is 0 Å². The maximum Gasteiger partial charge on any atom is 0.320 e. The standard InChI is InChI=1S/C27H29BF2N2O2/c1-17-26(18(2)34-31-17)21-6-9-23-24(20-4-7-22(8-5-20)28(3)33)16-32(25(23)14-21)15-19-10-12-27(29,30)13-11-19/h4-9,14,16,19,33H,10-13,15H2,1-3H3. The number of hydrogen-bond acceptors (Lipinski definition) is 3. The third-order valence-electron chi connectivity index (χ3n) is 7.20. The molecule has 1 N–H and O–H groups in total. The number of halogens is 2. The van der Waals surface area contributed by atoms with E-state index in [-0.39, 0.29) is 18.8 Å². The Morgan fingerprint density at radius 2 is 1.76 bits per heavy atom. The Kier molecular flexibility index (Phi) is 5.84. The van der Waals surface area contributed by atoms with Crippen LogP contribution >= 0.6 is 0 Å². The Labute approximate surface area is 198 Å². The van der Waals surface area contributed by atoms with Crippen LogP contribution in [0.1, 0.15) is 37.1 Å². The lowest BCUT2D eigenvalue weighted by Gasteiger charge is -2.28. The molecule has 5 rings (SSSR count). The fourth-order valence-electron chi connectivity index (χ4n) is 5.23. The monoisotopic (exact) mass is 462 g/mol. The normalized spacial score (nSPS) is 16.3. The van der Waals surface area contributed by atoms with E-state index < -0.39 is 12.8 Å². The number of benzene rings is 2. The summed E-state index contributed by atoms with van der Waals surface area (Å²) >= 11 is 0. The minimum absolute atomic E-state index is 0.0329. The minimum atomic E-state index is -2.53. The van der Waals surface area contributed by atoms with E-state index in [2.05, 4.69) is 34.1 Å². The zero-order valence-corrected chi connectivity index (χ0v) is 19.8. The van der Waals surface area contributed by atoms with Gasteiger partial charge in [0.2, 0.25) is 5.92 Å². The summed E-state index contributed by atoms with van der Waals surface area (Å²) in [6.45, 7) is 5.80. The fourth-order valence-corrected chi connectivity index (χ4v) is 5.23. The number of nitrogens with zero attached hydrogens (tertiary/aromatic N) is 2. The van der Waals surface area contributed by atoms with Crippen molar-refractivity contribution in [2.45, 2.75) is 58.8 Å². The zero-order valence-electron chi connectivity index (χ0n) is 19.8. The lowest BCUT2D eigenvalue weighted by Crippen LogP contribution is -2.26. The molecule has 1 saturated carbocycles. The van der Waals surface area contributed by atoms with Crippen LogP contribution in [0.25, 0.3) is 33.2 Å². The van der Waals surface area contributed by atoms with Gasteiger partial charge in [-0.05, 0) is 55.3 Å². The maximum absolute atomic E-state index is 13.7. The molecule has 4 nitrogen and oxygen atoms in total. The molecule has 176 valence electrons. The molecule has 2 aromatic carbocycles. The molecule has 0 unspecified atom stereocenters. The van der Waals surface area contributed by atoms with Crippen LogP contribution in [-0.4, -0.2) is 27.6 Å². The molecule has 0 atom stereocenters. The molecule has 2 aromatic heterocycles. The Morgan fingerprint density at radius 1 is 1.09 bits per heavy atom. The number of fused-ring (bicyclic) bond motifs is 1. The topological polar surface area (TPSA) is 51.2 Å². The lowest BCUT2D eigenvalue weighted by molar-refractivity contribution is -0.0472. The molecule has 34 heavy (non-hydrogen) atoms. The van der Waals surface area contributed by atoms with Gasteiger partial charge in [-0.15, -0.1) is 0 Å². The van der Waals surface area contributed by atoms with E-state index in [0.29, 0.717) is 19.4 Å². The van der Waals surface area contributed by atoms with Gasteiger partial charge in [0.25, 0.3) is 0 Å². The first-order valence-electron chi connectivity index (χ1n) is 11.9. The summed E-state index contributed by atoms with van der Waals surface area (Å²) in [4.78, 5) is 0. The first-order chi connectivity index (χ1) is 16.2. The molecule has 0 bridgehead atoms. The number of hydrogen-bond donors (Lipinski definition) is 1. The third kappa shape index (κ3) is 4.29. The van der Waals surface area contributed by atoms with Crippen molar-refractivity contribution in [2.75, 3.05) is 0 Å². The molecule has 7 heteroatoms. The van der Waals surface area contributed by atoms with Crippen molar-refractivity contribution in [3.8, 4) is 22.3 Å². The quantitative estimate of drug-likeness (QED) is 0.358. The third-order valence-corrected chi connectivity index (χ3v) is 7.20. The summed E-state index contributed by atoms with van der Waals surface area (Å²) in [6.07, 6.45) is 3.15. The van der Waals surface area contributed by atoms with E-state index in [4.69, 9.17) is 4.52 Å². The summed E-state index contributed by atoms with van der Waals surface area (Å²) in [5.74, 6) is -1.52. The van der Waals surface area contributed by atoms with Gasteiger partial charge < -0.3 is 14.1 Å². The van der Waals surface area contributed by atoms with Crippen LogP contribution in [0, 0.1) is 19.8 Å². The van der Waals surface area contributed by atoms with Crippen molar-refractivity contribution in [3.63, 3.8) is 0 Å². The Balaban J connectivity index is 1.58. The summed E-state index contributed by atoms with van der Waals surface area (Å²) in [5, 5.41) is 15.1. The highest BCUT2D eigenvalue weighted by Crippen LogP contribution is 2.39. The van der Waals surface area contributed by atoms with E-state index in [1.54, 1.807) is 6.82 Å².